The molecule has 0 radical (unpaired) electrons. The second-order valence-corrected chi connectivity index (χ2v) is 13.0. The summed E-state index contributed by atoms with van der Waals surface area (Å²) in [5, 5.41) is 3.69. The molecule has 3 heteroatoms. The van der Waals surface area contributed by atoms with Crippen molar-refractivity contribution < 1.29 is 4.74 Å². The van der Waals surface area contributed by atoms with Crippen LogP contribution < -0.4 is 5.32 Å². The molecular weight excluding hydrogens is 368 g/mol. The average molecular weight is 421 g/mol. The molecule has 3 aliphatic rings. The maximum atomic E-state index is 6.57. The minimum absolute atomic E-state index is 0.243. The number of piperidine rings is 1. The molecule has 30 heavy (non-hydrogen) atoms. The van der Waals surface area contributed by atoms with Crippen LogP contribution in [0.5, 0.6) is 0 Å². The highest BCUT2D eigenvalue weighted by Crippen LogP contribution is 2.40. The van der Waals surface area contributed by atoms with E-state index in [-0.39, 0.29) is 5.54 Å². The van der Waals surface area contributed by atoms with Crippen LogP contribution in [-0.2, 0) is 4.74 Å². The molecule has 3 rings (SSSR count). The van der Waals surface area contributed by atoms with Crippen molar-refractivity contribution >= 4 is 0 Å². The quantitative estimate of drug-likeness (QED) is 0.548. The highest BCUT2D eigenvalue weighted by atomic mass is 16.5. The first kappa shape index (κ1) is 24.5. The molecule has 0 atom stereocenters. The lowest BCUT2D eigenvalue weighted by Gasteiger charge is -2.40. The number of likely N-dealkylation sites (tertiary alicyclic amines) is 1. The highest BCUT2D eigenvalue weighted by molar-refractivity contribution is 4.84. The fourth-order valence-electron chi connectivity index (χ4n) is 6.00. The summed E-state index contributed by atoms with van der Waals surface area (Å²) in [5.74, 6) is 2.73. The summed E-state index contributed by atoms with van der Waals surface area (Å²) >= 11 is 0. The third kappa shape index (κ3) is 8.10. The van der Waals surface area contributed by atoms with Gasteiger partial charge in [-0.3, -0.25) is 0 Å². The Morgan fingerprint density at radius 1 is 0.700 bits per heavy atom. The van der Waals surface area contributed by atoms with Crippen LogP contribution >= 0.6 is 0 Å². The molecular formula is C27H52N2O. The monoisotopic (exact) mass is 420 g/mol. The SMILES string of the molecule is CC(C)(C)NCC1CCC(OC2CCN(CC3CCC(C(C)(C)C)CC3)CC2)CC1. The molecule has 3 fully saturated rings. The molecule has 3 nitrogen and oxygen atoms in total. The third-order valence-corrected chi connectivity index (χ3v) is 8.22. The Morgan fingerprint density at radius 3 is 1.77 bits per heavy atom. The molecule has 0 amide bonds. The summed E-state index contributed by atoms with van der Waals surface area (Å²) in [6.45, 7) is 19.1. The van der Waals surface area contributed by atoms with Gasteiger partial charge in [-0.25, -0.2) is 0 Å². The summed E-state index contributed by atoms with van der Waals surface area (Å²) in [7, 11) is 0. The molecule has 0 unspecified atom stereocenters. The summed E-state index contributed by atoms with van der Waals surface area (Å²) in [6, 6.07) is 0. The van der Waals surface area contributed by atoms with Crippen molar-refractivity contribution in [1.82, 2.24) is 10.2 Å². The van der Waals surface area contributed by atoms with Crippen LogP contribution in [-0.4, -0.2) is 48.8 Å². The van der Waals surface area contributed by atoms with E-state index in [2.05, 4.69) is 51.8 Å². The molecule has 1 aliphatic heterocycles. The van der Waals surface area contributed by atoms with Crippen molar-refractivity contribution in [2.75, 3.05) is 26.2 Å². The summed E-state index contributed by atoms with van der Waals surface area (Å²) in [6.07, 6.45) is 14.6. The molecule has 0 aromatic heterocycles. The molecule has 2 saturated carbocycles. The maximum Gasteiger partial charge on any atom is 0.0603 e. The van der Waals surface area contributed by atoms with E-state index in [1.54, 1.807) is 0 Å². The van der Waals surface area contributed by atoms with E-state index in [9.17, 15) is 0 Å². The first-order valence-electron chi connectivity index (χ1n) is 13.2. The Kier molecular flexibility index (Phi) is 8.72. The first-order valence-corrected chi connectivity index (χ1v) is 13.2. The van der Waals surface area contributed by atoms with Crippen molar-refractivity contribution in [2.45, 2.75) is 123 Å². The van der Waals surface area contributed by atoms with Crippen LogP contribution in [0, 0.1) is 23.2 Å². The Bertz CT molecular complexity index is 482. The Balaban J connectivity index is 1.28. The summed E-state index contributed by atoms with van der Waals surface area (Å²) < 4.78 is 6.57. The van der Waals surface area contributed by atoms with Gasteiger partial charge in [-0.15, -0.1) is 0 Å². The summed E-state index contributed by atoms with van der Waals surface area (Å²) in [5.41, 5.74) is 0.746. The van der Waals surface area contributed by atoms with Crippen molar-refractivity contribution in [1.29, 1.82) is 0 Å². The predicted molar refractivity (Wildman–Crippen MR) is 129 cm³/mol. The molecule has 1 saturated heterocycles. The number of rotatable bonds is 6. The zero-order valence-electron chi connectivity index (χ0n) is 21.1. The number of ether oxygens (including phenoxy) is 1. The first-order chi connectivity index (χ1) is 14.1. The van der Waals surface area contributed by atoms with Gasteiger partial charge in [0.05, 0.1) is 12.2 Å². The zero-order chi connectivity index (χ0) is 21.8. The van der Waals surface area contributed by atoms with Gasteiger partial charge >= 0.3 is 0 Å². The van der Waals surface area contributed by atoms with E-state index in [4.69, 9.17) is 4.74 Å². The van der Waals surface area contributed by atoms with E-state index < -0.39 is 0 Å². The van der Waals surface area contributed by atoms with Gasteiger partial charge in [-0.2, -0.15) is 0 Å². The van der Waals surface area contributed by atoms with Crippen molar-refractivity contribution in [3.05, 3.63) is 0 Å². The van der Waals surface area contributed by atoms with Crippen LogP contribution in [0.15, 0.2) is 0 Å². The van der Waals surface area contributed by atoms with E-state index in [0.29, 0.717) is 17.6 Å². The van der Waals surface area contributed by atoms with Gasteiger partial charge < -0.3 is 15.0 Å². The normalized spacial score (nSPS) is 33.0. The number of nitrogens with zero attached hydrogens (tertiary/aromatic N) is 1. The lowest BCUT2D eigenvalue weighted by atomic mass is 9.70. The number of hydrogen-bond acceptors (Lipinski definition) is 3. The van der Waals surface area contributed by atoms with Gasteiger partial charge in [-0.05, 0) is 115 Å². The molecule has 0 aromatic carbocycles. The topological polar surface area (TPSA) is 24.5 Å². The van der Waals surface area contributed by atoms with Crippen LogP contribution in [0.1, 0.15) is 106 Å². The van der Waals surface area contributed by atoms with Crippen molar-refractivity contribution in [3.63, 3.8) is 0 Å². The minimum Gasteiger partial charge on any atom is -0.375 e. The van der Waals surface area contributed by atoms with Crippen LogP contribution in [0.4, 0.5) is 0 Å². The van der Waals surface area contributed by atoms with E-state index in [0.717, 1.165) is 17.8 Å². The Morgan fingerprint density at radius 2 is 1.23 bits per heavy atom. The van der Waals surface area contributed by atoms with Gasteiger partial charge in [-0.1, -0.05) is 20.8 Å². The molecule has 0 aromatic rings. The van der Waals surface area contributed by atoms with Gasteiger partial charge in [0.1, 0.15) is 0 Å². The number of hydrogen-bond donors (Lipinski definition) is 1. The molecule has 1 N–H and O–H groups in total. The van der Waals surface area contributed by atoms with Gasteiger partial charge in [0.2, 0.25) is 0 Å². The van der Waals surface area contributed by atoms with E-state index in [1.165, 1.54) is 90.4 Å². The minimum atomic E-state index is 0.243. The second-order valence-electron chi connectivity index (χ2n) is 13.0. The smallest absolute Gasteiger partial charge is 0.0603 e. The number of nitrogens with one attached hydrogen (secondary N) is 1. The second kappa shape index (κ2) is 10.7. The van der Waals surface area contributed by atoms with E-state index in [1.807, 2.05) is 0 Å². The van der Waals surface area contributed by atoms with E-state index >= 15 is 0 Å². The average Bonchev–Trinajstić information content (AvgIpc) is 2.68. The molecule has 0 bridgehead atoms. The lowest BCUT2D eigenvalue weighted by molar-refractivity contribution is -0.0626. The fraction of sp³-hybridized carbons (Fsp3) is 1.00. The highest BCUT2D eigenvalue weighted by Gasteiger charge is 2.32. The van der Waals surface area contributed by atoms with Crippen molar-refractivity contribution in [3.8, 4) is 0 Å². The van der Waals surface area contributed by atoms with Crippen molar-refractivity contribution in [2.24, 2.45) is 23.2 Å². The molecule has 0 spiro atoms. The molecule has 2 aliphatic carbocycles. The standard InChI is InChI=1S/C27H52N2O/c1-26(2,3)23-11-7-22(8-12-23)20-29-17-15-25(16-18-29)30-24-13-9-21(10-14-24)19-28-27(4,5)6/h21-25,28H,7-20H2,1-6H3. The zero-order valence-corrected chi connectivity index (χ0v) is 21.1. The van der Waals surface area contributed by atoms with Crippen LogP contribution in [0.25, 0.3) is 0 Å². The molecule has 176 valence electrons. The van der Waals surface area contributed by atoms with Crippen LogP contribution in [0.2, 0.25) is 0 Å². The fourth-order valence-corrected chi connectivity index (χ4v) is 6.00. The largest absolute Gasteiger partial charge is 0.375 e. The lowest BCUT2D eigenvalue weighted by Crippen LogP contribution is -2.42. The van der Waals surface area contributed by atoms with Gasteiger partial charge in [0.25, 0.3) is 0 Å². The van der Waals surface area contributed by atoms with Crippen LogP contribution in [0.3, 0.4) is 0 Å². The molecule has 1 heterocycles. The van der Waals surface area contributed by atoms with Gasteiger partial charge in [0, 0.05) is 25.2 Å². The van der Waals surface area contributed by atoms with Gasteiger partial charge in [0.15, 0.2) is 0 Å². The Labute approximate surface area is 188 Å². The Hall–Kier alpha value is -0.120. The third-order valence-electron chi connectivity index (χ3n) is 8.22. The maximum absolute atomic E-state index is 6.57. The predicted octanol–water partition coefficient (Wildman–Crippen LogP) is 6.27. The summed E-state index contributed by atoms with van der Waals surface area (Å²) in [4.78, 5) is 2.75.